The second-order valence-corrected chi connectivity index (χ2v) is 7.73. The van der Waals surface area contributed by atoms with Crippen molar-refractivity contribution >= 4 is 22.0 Å². The molecule has 114 valence electrons. The van der Waals surface area contributed by atoms with Crippen molar-refractivity contribution in [2.24, 2.45) is 0 Å². The van der Waals surface area contributed by atoms with Gasteiger partial charge in [-0.2, -0.15) is 0 Å². The zero-order chi connectivity index (χ0) is 16.0. The lowest BCUT2D eigenvalue weighted by Gasteiger charge is -2.19. The topological polar surface area (TPSA) is 98.0 Å². The summed E-state index contributed by atoms with van der Waals surface area (Å²) in [5.41, 5.74) is 13.7. The maximum atomic E-state index is 10.1. The Kier molecular flexibility index (Phi) is 3.71. The van der Waals surface area contributed by atoms with Crippen LogP contribution in [0.4, 0.5) is 10.7 Å². The van der Waals surface area contributed by atoms with Crippen molar-refractivity contribution in [3.8, 4) is 10.6 Å². The van der Waals surface area contributed by atoms with Crippen LogP contribution in [0.3, 0.4) is 0 Å². The van der Waals surface area contributed by atoms with Gasteiger partial charge in [-0.05, 0) is 19.9 Å². The molecule has 2 aromatic rings. The van der Waals surface area contributed by atoms with Crippen molar-refractivity contribution in [2.45, 2.75) is 45.6 Å². The largest absolute Gasteiger partial charge is 0.397 e. The van der Waals surface area contributed by atoms with E-state index in [1.807, 2.05) is 6.07 Å². The molecule has 0 aliphatic carbocycles. The van der Waals surface area contributed by atoms with Crippen LogP contribution in [0.15, 0.2) is 12.3 Å². The van der Waals surface area contributed by atoms with Crippen molar-refractivity contribution < 1.29 is 5.11 Å². The second-order valence-electron chi connectivity index (χ2n) is 6.70. The Labute approximate surface area is 129 Å². The molecule has 21 heavy (non-hydrogen) atoms. The number of nitrogen functional groups attached to an aromatic ring is 2. The van der Waals surface area contributed by atoms with Crippen molar-refractivity contribution in [3.63, 3.8) is 0 Å². The monoisotopic (exact) mass is 306 g/mol. The minimum absolute atomic E-state index is 0.108. The Balaban J connectivity index is 2.47. The first-order valence-electron chi connectivity index (χ1n) is 6.75. The summed E-state index contributed by atoms with van der Waals surface area (Å²) in [4.78, 5) is 8.90. The minimum atomic E-state index is -1.07. The van der Waals surface area contributed by atoms with Gasteiger partial charge >= 0.3 is 0 Å². The van der Waals surface area contributed by atoms with Crippen LogP contribution >= 0.6 is 11.3 Å². The molecule has 0 aromatic carbocycles. The van der Waals surface area contributed by atoms with E-state index in [9.17, 15) is 5.11 Å². The molecule has 0 aliphatic heterocycles. The molecule has 5 nitrogen and oxygen atoms in total. The van der Waals surface area contributed by atoms with Gasteiger partial charge in [-0.25, -0.2) is 4.98 Å². The molecule has 2 rings (SSSR count). The molecule has 5 N–H and O–H groups in total. The fraction of sp³-hybridized carbons (Fsp3) is 0.467. The molecular weight excluding hydrogens is 284 g/mol. The highest BCUT2D eigenvalue weighted by atomic mass is 32.1. The molecule has 2 aromatic heterocycles. The van der Waals surface area contributed by atoms with E-state index in [2.05, 4.69) is 30.7 Å². The molecule has 6 heteroatoms. The standard InChI is InChI=1S/C15H22N4OS/c1-14(2,3)10-9(16)6-8(7-18-10)13-19-11(12(17)21-13)15(4,5)20/h6-7,20H,16-17H2,1-5H3. The van der Waals surface area contributed by atoms with E-state index < -0.39 is 5.60 Å². The summed E-state index contributed by atoms with van der Waals surface area (Å²) in [6.45, 7) is 9.53. The third-order valence-corrected chi connectivity index (χ3v) is 4.04. The molecule has 0 bridgehead atoms. The van der Waals surface area contributed by atoms with Crippen LogP contribution in [-0.4, -0.2) is 15.1 Å². The summed E-state index contributed by atoms with van der Waals surface area (Å²) in [6, 6.07) is 1.86. The molecule has 0 unspecified atom stereocenters. The van der Waals surface area contributed by atoms with Gasteiger partial charge in [0.1, 0.15) is 21.3 Å². The van der Waals surface area contributed by atoms with Crippen LogP contribution < -0.4 is 11.5 Å². The van der Waals surface area contributed by atoms with Gasteiger partial charge in [-0.1, -0.05) is 32.1 Å². The number of nitrogens with zero attached hydrogens (tertiary/aromatic N) is 2. The van der Waals surface area contributed by atoms with Crippen LogP contribution in [0, 0.1) is 0 Å². The van der Waals surface area contributed by atoms with E-state index in [1.54, 1.807) is 20.0 Å². The van der Waals surface area contributed by atoms with Crippen LogP contribution in [0.5, 0.6) is 0 Å². The molecule has 2 heterocycles. The summed E-state index contributed by atoms with van der Waals surface area (Å²) < 4.78 is 0. The zero-order valence-electron chi connectivity index (χ0n) is 13.1. The predicted octanol–water partition coefficient (Wildman–Crippen LogP) is 2.89. The Hall–Kier alpha value is -1.66. The fourth-order valence-corrected chi connectivity index (χ4v) is 3.09. The van der Waals surface area contributed by atoms with E-state index in [-0.39, 0.29) is 5.41 Å². The van der Waals surface area contributed by atoms with Gasteiger partial charge in [0, 0.05) is 17.2 Å². The van der Waals surface area contributed by atoms with Crippen molar-refractivity contribution in [1.29, 1.82) is 0 Å². The molecule has 0 saturated carbocycles. The molecule has 0 aliphatic rings. The van der Waals surface area contributed by atoms with Gasteiger partial charge in [0.15, 0.2) is 0 Å². The Morgan fingerprint density at radius 3 is 2.14 bits per heavy atom. The molecule has 0 atom stereocenters. The maximum Gasteiger partial charge on any atom is 0.127 e. The van der Waals surface area contributed by atoms with E-state index >= 15 is 0 Å². The van der Waals surface area contributed by atoms with Gasteiger partial charge in [0.05, 0.1) is 11.4 Å². The first-order chi connectivity index (χ1) is 9.50. The minimum Gasteiger partial charge on any atom is -0.397 e. The Morgan fingerprint density at radius 2 is 1.71 bits per heavy atom. The van der Waals surface area contributed by atoms with Crippen LogP contribution in [0.25, 0.3) is 10.6 Å². The number of aliphatic hydroxyl groups is 1. The number of hydrogen-bond donors (Lipinski definition) is 3. The summed E-state index contributed by atoms with van der Waals surface area (Å²) in [5, 5.41) is 11.3. The number of rotatable bonds is 2. The number of hydrogen-bond acceptors (Lipinski definition) is 6. The van der Waals surface area contributed by atoms with Crippen molar-refractivity contribution in [2.75, 3.05) is 11.5 Å². The highest BCUT2D eigenvalue weighted by Crippen LogP contribution is 2.36. The van der Waals surface area contributed by atoms with Crippen molar-refractivity contribution in [3.05, 3.63) is 23.7 Å². The van der Waals surface area contributed by atoms with Gasteiger partial charge in [-0.3, -0.25) is 4.98 Å². The quantitative estimate of drug-likeness (QED) is 0.792. The first kappa shape index (κ1) is 15.7. The first-order valence-corrected chi connectivity index (χ1v) is 7.57. The fourth-order valence-electron chi connectivity index (χ4n) is 2.12. The lowest BCUT2D eigenvalue weighted by molar-refractivity contribution is 0.0754. The van der Waals surface area contributed by atoms with E-state index in [0.717, 1.165) is 11.3 Å². The predicted molar refractivity (Wildman–Crippen MR) is 88.1 cm³/mol. The maximum absolute atomic E-state index is 10.1. The highest BCUT2D eigenvalue weighted by molar-refractivity contribution is 7.18. The van der Waals surface area contributed by atoms with E-state index in [4.69, 9.17) is 11.5 Å². The van der Waals surface area contributed by atoms with Crippen LogP contribution in [0.2, 0.25) is 0 Å². The zero-order valence-corrected chi connectivity index (χ0v) is 13.9. The van der Waals surface area contributed by atoms with Crippen molar-refractivity contribution in [1.82, 2.24) is 9.97 Å². The number of nitrogens with two attached hydrogens (primary N) is 2. The Morgan fingerprint density at radius 1 is 1.10 bits per heavy atom. The number of thiazole rings is 1. The molecule has 0 spiro atoms. The third-order valence-electron chi connectivity index (χ3n) is 3.11. The van der Waals surface area contributed by atoms with E-state index in [0.29, 0.717) is 21.4 Å². The van der Waals surface area contributed by atoms with Gasteiger partial charge < -0.3 is 16.6 Å². The molecule has 0 fully saturated rings. The molecule has 0 saturated heterocycles. The van der Waals surface area contributed by atoms with Gasteiger partial charge in [-0.15, -0.1) is 0 Å². The normalized spacial score (nSPS) is 12.7. The average Bonchev–Trinajstić information content (AvgIpc) is 2.69. The van der Waals surface area contributed by atoms with Gasteiger partial charge in [0.25, 0.3) is 0 Å². The average molecular weight is 306 g/mol. The third kappa shape index (κ3) is 3.16. The highest BCUT2D eigenvalue weighted by Gasteiger charge is 2.25. The second kappa shape index (κ2) is 4.96. The molecular formula is C15H22N4OS. The van der Waals surface area contributed by atoms with E-state index in [1.165, 1.54) is 11.3 Å². The molecule has 0 radical (unpaired) electrons. The van der Waals surface area contributed by atoms with Gasteiger partial charge in [0.2, 0.25) is 0 Å². The smallest absolute Gasteiger partial charge is 0.127 e. The Bertz CT molecular complexity index is 665. The number of pyridine rings is 1. The number of aromatic nitrogens is 2. The summed E-state index contributed by atoms with van der Waals surface area (Å²) >= 11 is 1.33. The summed E-state index contributed by atoms with van der Waals surface area (Å²) in [7, 11) is 0. The number of anilines is 2. The summed E-state index contributed by atoms with van der Waals surface area (Å²) in [6.07, 6.45) is 1.75. The SMILES string of the molecule is CC(C)(C)c1ncc(-c2nc(C(C)(C)O)c(N)s2)cc1N. The lowest BCUT2D eigenvalue weighted by atomic mass is 9.90. The van der Waals surface area contributed by atoms with Crippen LogP contribution in [-0.2, 0) is 11.0 Å². The lowest BCUT2D eigenvalue weighted by Crippen LogP contribution is -2.17. The summed E-state index contributed by atoms with van der Waals surface area (Å²) in [5.74, 6) is 0. The molecule has 0 amide bonds. The van der Waals surface area contributed by atoms with Crippen LogP contribution in [0.1, 0.15) is 46.0 Å².